The number of carbonyl (C=O) groups is 1. The van der Waals surface area contributed by atoms with Crippen LogP contribution in [-0.2, 0) is 30.3 Å². The summed E-state index contributed by atoms with van der Waals surface area (Å²) in [6.45, 7) is 1.13. The molecule has 0 amide bonds. The number of rotatable bonds is 6. The number of aromatic nitrogens is 4. The van der Waals surface area contributed by atoms with Gasteiger partial charge in [-0.3, -0.25) is 4.79 Å². The van der Waals surface area contributed by atoms with Crippen LogP contribution in [-0.4, -0.2) is 30.6 Å². The Morgan fingerprint density at radius 3 is 2.23 bits per heavy atom. The zero-order chi connectivity index (χ0) is 25.5. The maximum Gasteiger partial charge on any atom is 0.416 e. The Hall–Kier alpha value is -4.03. The summed E-state index contributed by atoms with van der Waals surface area (Å²) in [5.41, 5.74) is -2.31. The number of aryl methyl sites for hydroxylation is 1. The first-order chi connectivity index (χ1) is 16.3. The molecule has 4 rings (SSSR count). The number of benzene rings is 2. The number of alkyl halides is 6. The first-order valence-corrected chi connectivity index (χ1v) is 9.97. The van der Waals surface area contributed by atoms with Gasteiger partial charge in [0.2, 0.25) is 0 Å². The molecule has 35 heavy (non-hydrogen) atoms. The van der Waals surface area contributed by atoms with Crippen molar-refractivity contribution in [2.24, 2.45) is 0 Å². The van der Waals surface area contributed by atoms with Gasteiger partial charge in [-0.25, -0.2) is 0 Å². The van der Waals surface area contributed by atoms with Gasteiger partial charge in [-0.05, 0) is 49.4 Å². The lowest BCUT2D eigenvalue weighted by molar-refractivity contribution is -0.143. The van der Waals surface area contributed by atoms with E-state index >= 15 is 0 Å². The van der Waals surface area contributed by atoms with Crippen molar-refractivity contribution in [3.05, 3.63) is 71.2 Å². The van der Waals surface area contributed by atoms with E-state index in [1.165, 1.54) is 6.92 Å². The topological polar surface area (TPSA) is 82.2 Å². The third kappa shape index (κ3) is 5.23. The van der Waals surface area contributed by atoms with E-state index in [2.05, 4.69) is 10.2 Å². The van der Waals surface area contributed by atoms with E-state index in [9.17, 15) is 31.1 Å². The minimum absolute atomic E-state index is 0.0315. The highest BCUT2D eigenvalue weighted by atomic mass is 19.4. The van der Waals surface area contributed by atoms with E-state index in [1.807, 2.05) is 0 Å². The number of aliphatic carboxylic acids is 1. The number of fused-ring (bicyclic) bond motifs is 1. The van der Waals surface area contributed by atoms with Gasteiger partial charge in [0.1, 0.15) is 24.6 Å². The molecule has 0 saturated carbocycles. The van der Waals surface area contributed by atoms with Crippen LogP contribution in [0.2, 0.25) is 0 Å². The minimum atomic E-state index is -4.99. The van der Waals surface area contributed by atoms with Crippen LogP contribution < -0.4 is 4.74 Å². The Kier molecular flexibility index (Phi) is 5.95. The standard InChI is InChI=1S/C22H16F6N4O3/c1-12-18(11-35-17-2-3-19-13(6-17)4-5-31(19)10-20(33)34)30-32(29-12)16-8-14(21(23,24)25)7-15(9-16)22(26,27)28/h2-9H,10-11H2,1H3,(H,33,34). The Balaban J connectivity index is 1.58. The van der Waals surface area contributed by atoms with E-state index in [0.717, 1.165) is 0 Å². The molecule has 0 aliphatic carbocycles. The fourth-order valence-corrected chi connectivity index (χ4v) is 3.41. The summed E-state index contributed by atoms with van der Waals surface area (Å²) in [6, 6.07) is 7.74. The summed E-state index contributed by atoms with van der Waals surface area (Å²) in [7, 11) is 0. The van der Waals surface area contributed by atoms with Gasteiger partial charge in [0, 0.05) is 17.1 Å². The van der Waals surface area contributed by atoms with Crippen molar-refractivity contribution in [3.8, 4) is 11.4 Å². The van der Waals surface area contributed by atoms with Gasteiger partial charge in [0.25, 0.3) is 0 Å². The van der Waals surface area contributed by atoms with E-state index in [-0.39, 0.29) is 30.6 Å². The third-order valence-corrected chi connectivity index (χ3v) is 5.10. The van der Waals surface area contributed by atoms with Gasteiger partial charge in [-0.1, -0.05) is 0 Å². The highest BCUT2D eigenvalue weighted by molar-refractivity contribution is 5.83. The summed E-state index contributed by atoms with van der Waals surface area (Å²) >= 11 is 0. The number of carboxylic acids is 1. The predicted molar refractivity (Wildman–Crippen MR) is 110 cm³/mol. The quantitative estimate of drug-likeness (QED) is 0.368. The average molecular weight is 498 g/mol. The summed E-state index contributed by atoms with van der Waals surface area (Å²) in [5.74, 6) is -0.595. The SMILES string of the molecule is Cc1nn(-c2cc(C(F)(F)F)cc(C(F)(F)F)c2)nc1COc1ccc2c(ccn2CC(=O)O)c1. The fraction of sp³-hybridized carbons (Fsp3) is 0.227. The minimum Gasteiger partial charge on any atom is -0.487 e. The molecule has 184 valence electrons. The summed E-state index contributed by atoms with van der Waals surface area (Å²) in [4.78, 5) is 11.6. The first-order valence-electron chi connectivity index (χ1n) is 9.97. The Morgan fingerprint density at radius 1 is 0.971 bits per heavy atom. The molecule has 0 fully saturated rings. The maximum absolute atomic E-state index is 13.2. The molecular formula is C22H16F6N4O3. The van der Waals surface area contributed by atoms with Gasteiger partial charge < -0.3 is 14.4 Å². The summed E-state index contributed by atoms with van der Waals surface area (Å²) in [6.07, 6.45) is -8.37. The van der Waals surface area contributed by atoms with E-state index in [4.69, 9.17) is 9.84 Å². The highest BCUT2D eigenvalue weighted by Gasteiger charge is 2.37. The van der Waals surface area contributed by atoms with Crippen LogP contribution in [0, 0.1) is 6.92 Å². The number of nitrogens with zero attached hydrogens (tertiary/aromatic N) is 4. The molecule has 2 heterocycles. The van der Waals surface area contributed by atoms with Crippen LogP contribution in [0.1, 0.15) is 22.5 Å². The number of ether oxygens (including phenoxy) is 1. The lowest BCUT2D eigenvalue weighted by Gasteiger charge is -2.13. The molecule has 2 aromatic heterocycles. The molecule has 0 saturated heterocycles. The number of hydrogen-bond acceptors (Lipinski definition) is 4. The average Bonchev–Trinajstić information content (AvgIpc) is 3.33. The van der Waals surface area contributed by atoms with E-state index in [0.29, 0.717) is 33.6 Å². The third-order valence-electron chi connectivity index (χ3n) is 5.10. The molecule has 0 aliphatic rings. The van der Waals surface area contributed by atoms with Crippen molar-refractivity contribution in [2.75, 3.05) is 0 Å². The van der Waals surface area contributed by atoms with Crippen LogP contribution in [0.3, 0.4) is 0 Å². The van der Waals surface area contributed by atoms with Gasteiger partial charge in [0.05, 0.1) is 22.5 Å². The smallest absolute Gasteiger partial charge is 0.416 e. The van der Waals surface area contributed by atoms with Crippen molar-refractivity contribution in [3.63, 3.8) is 0 Å². The molecular weight excluding hydrogens is 482 g/mol. The molecule has 1 N–H and O–H groups in total. The molecule has 0 atom stereocenters. The largest absolute Gasteiger partial charge is 0.487 e. The van der Waals surface area contributed by atoms with Gasteiger partial charge in [0.15, 0.2) is 0 Å². The van der Waals surface area contributed by atoms with E-state index in [1.54, 1.807) is 35.0 Å². The fourth-order valence-electron chi connectivity index (χ4n) is 3.41. The van der Waals surface area contributed by atoms with Crippen LogP contribution in [0.4, 0.5) is 26.3 Å². The molecule has 0 aliphatic heterocycles. The number of carboxylic acid groups (broad SMARTS) is 1. The van der Waals surface area contributed by atoms with Crippen LogP contribution in [0.25, 0.3) is 16.6 Å². The summed E-state index contributed by atoms with van der Waals surface area (Å²) < 4.78 is 86.1. The van der Waals surface area contributed by atoms with Gasteiger partial charge >= 0.3 is 18.3 Å². The molecule has 0 radical (unpaired) electrons. The van der Waals surface area contributed by atoms with Crippen molar-refractivity contribution >= 4 is 16.9 Å². The predicted octanol–water partition coefficient (Wildman–Crippen LogP) is 5.23. The molecule has 0 bridgehead atoms. The van der Waals surface area contributed by atoms with Crippen LogP contribution in [0.5, 0.6) is 5.75 Å². The molecule has 0 unspecified atom stereocenters. The molecule has 4 aromatic rings. The molecule has 13 heteroatoms. The van der Waals surface area contributed by atoms with Crippen LogP contribution in [0.15, 0.2) is 48.7 Å². The molecule has 2 aromatic carbocycles. The van der Waals surface area contributed by atoms with Crippen LogP contribution >= 0.6 is 0 Å². The normalized spacial score (nSPS) is 12.3. The lowest BCUT2D eigenvalue weighted by atomic mass is 10.1. The van der Waals surface area contributed by atoms with Crippen molar-refractivity contribution < 1.29 is 41.0 Å². The molecule has 7 nitrogen and oxygen atoms in total. The zero-order valence-electron chi connectivity index (χ0n) is 17.9. The second-order valence-electron chi connectivity index (χ2n) is 7.63. The van der Waals surface area contributed by atoms with Gasteiger partial charge in [-0.2, -0.15) is 36.2 Å². The Labute approximate surface area is 193 Å². The number of halogens is 6. The Bertz CT molecular complexity index is 1370. The monoisotopic (exact) mass is 498 g/mol. The van der Waals surface area contributed by atoms with Crippen molar-refractivity contribution in [1.29, 1.82) is 0 Å². The lowest BCUT2D eigenvalue weighted by Crippen LogP contribution is -2.13. The van der Waals surface area contributed by atoms with E-state index < -0.39 is 35.1 Å². The highest BCUT2D eigenvalue weighted by Crippen LogP contribution is 2.37. The van der Waals surface area contributed by atoms with Crippen molar-refractivity contribution in [1.82, 2.24) is 19.6 Å². The molecule has 0 spiro atoms. The maximum atomic E-state index is 13.2. The summed E-state index contributed by atoms with van der Waals surface area (Å²) in [5, 5.41) is 17.6. The number of hydrogen-bond donors (Lipinski definition) is 1. The first kappa shape index (κ1) is 24.1. The second-order valence-corrected chi connectivity index (χ2v) is 7.63. The van der Waals surface area contributed by atoms with Crippen molar-refractivity contribution in [2.45, 2.75) is 32.4 Å². The zero-order valence-corrected chi connectivity index (χ0v) is 17.9. The Morgan fingerprint density at radius 2 is 1.63 bits per heavy atom. The second kappa shape index (κ2) is 8.64. The van der Waals surface area contributed by atoms with Gasteiger partial charge in [-0.15, -0.1) is 5.10 Å².